The average Bonchev–Trinajstić information content (AvgIpc) is 2.16. The SMILES string of the molecule is CC(CCCCCCBr)C(=O)NO. The number of nitrogens with one attached hydrogen (secondary N) is 1. The third-order valence-electron chi connectivity index (χ3n) is 2.08. The van der Waals surface area contributed by atoms with Gasteiger partial charge in [0.1, 0.15) is 0 Å². The van der Waals surface area contributed by atoms with E-state index in [0.717, 1.165) is 24.6 Å². The van der Waals surface area contributed by atoms with Crippen molar-refractivity contribution in [3.05, 3.63) is 0 Å². The van der Waals surface area contributed by atoms with Crippen LogP contribution < -0.4 is 5.48 Å². The number of halogens is 1. The minimum atomic E-state index is -0.277. The molecule has 4 heteroatoms. The van der Waals surface area contributed by atoms with E-state index in [4.69, 9.17) is 5.21 Å². The van der Waals surface area contributed by atoms with Crippen molar-refractivity contribution in [2.75, 3.05) is 5.33 Å². The zero-order valence-corrected chi connectivity index (χ0v) is 9.64. The molecule has 13 heavy (non-hydrogen) atoms. The Bertz CT molecular complexity index is 142. The van der Waals surface area contributed by atoms with Gasteiger partial charge in [-0.3, -0.25) is 10.0 Å². The van der Waals surface area contributed by atoms with Gasteiger partial charge in [-0.05, 0) is 12.8 Å². The molecule has 3 nitrogen and oxygen atoms in total. The number of amides is 1. The molecule has 0 aromatic heterocycles. The van der Waals surface area contributed by atoms with Crippen LogP contribution in [0.4, 0.5) is 0 Å². The van der Waals surface area contributed by atoms with E-state index in [0.29, 0.717) is 0 Å². The Labute approximate surface area is 88.0 Å². The van der Waals surface area contributed by atoms with Gasteiger partial charge in [0.05, 0.1) is 0 Å². The number of carbonyl (C=O) groups excluding carboxylic acids is 1. The Hall–Kier alpha value is -0.0900. The van der Waals surface area contributed by atoms with Gasteiger partial charge in [0.25, 0.3) is 0 Å². The minimum absolute atomic E-state index is 0.0750. The zero-order valence-electron chi connectivity index (χ0n) is 8.05. The Morgan fingerprint density at radius 2 is 2.00 bits per heavy atom. The molecule has 0 aliphatic rings. The largest absolute Gasteiger partial charge is 0.289 e. The smallest absolute Gasteiger partial charge is 0.246 e. The molecule has 0 aromatic carbocycles. The molecule has 0 spiro atoms. The molecular weight excluding hydrogens is 234 g/mol. The van der Waals surface area contributed by atoms with Crippen molar-refractivity contribution in [2.45, 2.75) is 39.0 Å². The van der Waals surface area contributed by atoms with E-state index in [2.05, 4.69) is 15.9 Å². The van der Waals surface area contributed by atoms with Crippen LogP contribution in [0.5, 0.6) is 0 Å². The highest BCUT2D eigenvalue weighted by Crippen LogP contribution is 2.10. The van der Waals surface area contributed by atoms with Crippen LogP contribution in [0.1, 0.15) is 39.0 Å². The van der Waals surface area contributed by atoms with Crippen LogP contribution in [-0.4, -0.2) is 16.4 Å². The van der Waals surface area contributed by atoms with Crippen molar-refractivity contribution in [1.29, 1.82) is 0 Å². The van der Waals surface area contributed by atoms with E-state index < -0.39 is 0 Å². The van der Waals surface area contributed by atoms with E-state index >= 15 is 0 Å². The minimum Gasteiger partial charge on any atom is -0.289 e. The number of hydrogen-bond acceptors (Lipinski definition) is 2. The summed E-state index contributed by atoms with van der Waals surface area (Å²) in [4.78, 5) is 10.9. The lowest BCUT2D eigenvalue weighted by Gasteiger charge is -2.07. The lowest BCUT2D eigenvalue weighted by Crippen LogP contribution is -2.25. The summed E-state index contributed by atoms with van der Waals surface area (Å²) in [7, 11) is 0. The standard InChI is InChI=1S/C9H18BrNO2/c1-8(9(12)11-13)6-4-2-3-5-7-10/h8,13H,2-7H2,1H3,(H,11,12). The van der Waals surface area contributed by atoms with Gasteiger partial charge in [-0.25, -0.2) is 5.48 Å². The van der Waals surface area contributed by atoms with Crippen LogP contribution >= 0.6 is 15.9 Å². The second kappa shape index (κ2) is 8.51. The van der Waals surface area contributed by atoms with Gasteiger partial charge in [-0.1, -0.05) is 42.1 Å². The molecular formula is C9H18BrNO2. The lowest BCUT2D eigenvalue weighted by atomic mass is 10.0. The highest BCUT2D eigenvalue weighted by molar-refractivity contribution is 9.09. The number of hydroxylamine groups is 1. The molecule has 0 aliphatic heterocycles. The predicted molar refractivity (Wildman–Crippen MR) is 56.0 cm³/mol. The predicted octanol–water partition coefficient (Wildman–Crippen LogP) is 2.47. The number of carbonyl (C=O) groups is 1. The molecule has 1 unspecified atom stereocenters. The van der Waals surface area contributed by atoms with E-state index in [1.54, 1.807) is 5.48 Å². The van der Waals surface area contributed by atoms with E-state index in [-0.39, 0.29) is 11.8 Å². The molecule has 0 saturated carbocycles. The van der Waals surface area contributed by atoms with Gasteiger partial charge < -0.3 is 0 Å². The summed E-state index contributed by atoms with van der Waals surface area (Å²) < 4.78 is 0. The number of rotatable bonds is 7. The highest BCUT2D eigenvalue weighted by Gasteiger charge is 2.10. The van der Waals surface area contributed by atoms with Gasteiger partial charge in [0.15, 0.2) is 0 Å². The maximum Gasteiger partial charge on any atom is 0.246 e. The lowest BCUT2D eigenvalue weighted by molar-refractivity contribution is -0.133. The molecule has 0 radical (unpaired) electrons. The summed E-state index contributed by atoms with van der Waals surface area (Å²) in [6.07, 6.45) is 5.48. The summed E-state index contributed by atoms with van der Waals surface area (Å²) in [6.45, 7) is 1.83. The van der Waals surface area contributed by atoms with E-state index in [9.17, 15) is 4.79 Å². The maximum absolute atomic E-state index is 10.9. The fraction of sp³-hybridized carbons (Fsp3) is 0.889. The van der Waals surface area contributed by atoms with Gasteiger partial charge in [0, 0.05) is 11.2 Å². The molecule has 0 rings (SSSR count). The van der Waals surface area contributed by atoms with Crippen LogP contribution in [0, 0.1) is 5.92 Å². The van der Waals surface area contributed by atoms with Crippen LogP contribution in [0.15, 0.2) is 0 Å². The topological polar surface area (TPSA) is 49.3 Å². The highest BCUT2D eigenvalue weighted by atomic mass is 79.9. The molecule has 2 N–H and O–H groups in total. The Morgan fingerprint density at radius 1 is 1.38 bits per heavy atom. The number of hydrogen-bond donors (Lipinski definition) is 2. The van der Waals surface area contributed by atoms with Gasteiger partial charge in [0.2, 0.25) is 5.91 Å². The Morgan fingerprint density at radius 3 is 2.54 bits per heavy atom. The van der Waals surface area contributed by atoms with Crippen molar-refractivity contribution in [1.82, 2.24) is 5.48 Å². The second-order valence-corrected chi connectivity index (χ2v) is 4.06. The normalized spacial score (nSPS) is 12.5. The molecule has 0 aromatic rings. The van der Waals surface area contributed by atoms with Crippen molar-refractivity contribution < 1.29 is 10.0 Å². The first kappa shape index (κ1) is 12.9. The Balaban J connectivity index is 3.26. The Kier molecular flexibility index (Phi) is 8.45. The second-order valence-electron chi connectivity index (χ2n) is 3.27. The van der Waals surface area contributed by atoms with E-state index in [1.807, 2.05) is 6.92 Å². The molecule has 0 heterocycles. The average molecular weight is 252 g/mol. The third-order valence-corrected chi connectivity index (χ3v) is 2.64. The summed E-state index contributed by atoms with van der Waals surface area (Å²) in [5.41, 5.74) is 1.67. The third kappa shape index (κ3) is 7.02. The van der Waals surface area contributed by atoms with Crippen molar-refractivity contribution >= 4 is 21.8 Å². The number of unbranched alkanes of at least 4 members (excludes halogenated alkanes) is 3. The molecule has 0 bridgehead atoms. The van der Waals surface area contributed by atoms with Crippen LogP contribution in [0.25, 0.3) is 0 Å². The molecule has 78 valence electrons. The maximum atomic E-state index is 10.9. The first-order chi connectivity index (χ1) is 6.22. The number of alkyl halides is 1. The quantitative estimate of drug-likeness (QED) is 0.316. The van der Waals surface area contributed by atoms with Crippen molar-refractivity contribution in [3.63, 3.8) is 0 Å². The fourth-order valence-electron chi connectivity index (χ4n) is 1.14. The molecule has 1 atom stereocenters. The summed E-state index contributed by atoms with van der Waals surface area (Å²) in [5, 5.41) is 9.40. The van der Waals surface area contributed by atoms with Crippen LogP contribution in [0.3, 0.4) is 0 Å². The summed E-state index contributed by atoms with van der Waals surface area (Å²) >= 11 is 3.37. The zero-order chi connectivity index (χ0) is 10.1. The molecule has 0 fully saturated rings. The molecule has 0 aliphatic carbocycles. The van der Waals surface area contributed by atoms with Gasteiger partial charge >= 0.3 is 0 Å². The fourth-order valence-corrected chi connectivity index (χ4v) is 1.54. The summed E-state index contributed by atoms with van der Waals surface area (Å²) in [6, 6.07) is 0. The van der Waals surface area contributed by atoms with Crippen LogP contribution in [-0.2, 0) is 4.79 Å². The monoisotopic (exact) mass is 251 g/mol. The summed E-state index contributed by atoms with van der Waals surface area (Å²) in [5.74, 6) is -0.352. The molecule has 0 saturated heterocycles. The molecule has 1 amide bonds. The van der Waals surface area contributed by atoms with E-state index in [1.165, 1.54) is 12.8 Å². The van der Waals surface area contributed by atoms with Gasteiger partial charge in [-0.15, -0.1) is 0 Å². The van der Waals surface area contributed by atoms with Crippen molar-refractivity contribution in [2.24, 2.45) is 5.92 Å². The van der Waals surface area contributed by atoms with Crippen molar-refractivity contribution in [3.8, 4) is 0 Å². The first-order valence-corrected chi connectivity index (χ1v) is 5.84. The van der Waals surface area contributed by atoms with Crippen LogP contribution in [0.2, 0.25) is 0 Å². The van der Waals surface area contributed by atoms with Gasteiger partial charge in [-0.2, -0.15) is 0 Å². The first-order valence-electron chi connectivity index (χ1n) is 4.72.